The van der Waals surface area contributed by atoms with Gasteiger partial charge in [-0.05, 0) is 29.8 Å². The first-order chi connectivity index (χ1) is 11.0. The Morgan fingerprint density at radius 2 is 2.00 bits per heavy atom. The maximum absolute atomic E-state index is 12.3. The minimum atomic E-state index is -0.149. The maximum Gasteiger partial charge on any atom is 0.251 e. The number of pyridine rings is 1. The van der Waals surface area contributed by atoms with Crippen LogP contribution in [0.15, 0.2) is 42.7 Å². The Morgan fingerprint density at radius 1 is 1.22 bits per heavy atom. The van der Waals surface area contributed by atoms with Gasteiger partial charge in [0.15, 0.2) is 11.5 Å². The minimum Gasteiger partial charge on any atom is -0.489 e. The van der Waals surface area contributed by atoms with Crippen LogP contribution in [0.3, 0.4) is 0 Å². The van der Waals surface area contributed by atoms with E-state index in [0.29, 0.717) is 36.8 Å². The second kappa shape index (κ2) is 6.28. The standard InChI is InChI=1S/C18H20N2O3/c1-18(2)11-22-15-6-5-14(8-16(15)23-12-18)17(21)20-10-13-4-3-7-19-9-13/h3-9H,10-12H2,1-2H3,(H,20,21). The van der Waals surface area contributed by atoms with Crippen molar-refractivity contribution >= 4 is 5.91 Å². The van der Waals surface area contributed by atoms with Crippen molar-refractivity contribution in [2.24, 2.45) is 5.41 Å². The highest BCUT2D eigenvalue weighted by atomic mass is 16.5. The zero-order valence-electron chi connectivity index (χ0n) is 13.3. The van der Waals surface area contributed by atoms with Gasteiger partial charge >= 0.3 is 0 Å². The molecule has 5 heteroatoms. The first-order valence-electron chi connectivity index (χ1n) is 7.60. The van der Waals surface area contributed by atoms with E-state index >= 15 is 0 Å². The van der Waals surface area contributed by atoms with Gasteiger partial charge in [0.2, 0.25) is 0 Å². The van der Waals surface area contributed by atoms with E-state index in [9.17, 15) is 4.79 Å². The number of hydrogen-bond donors (Lipinski definition) is 1. The fourth-order valence-electron chi connectivity index (χ4n) is 2.26. The molecule has 0 fully saturated rings. The lowest BCUT2D eigenvalue weighted by Crippen LogP contribution is -2.26. The number of amides is 1. The third kappa shape index (κ3) is 3.80. The zero-order valence-corrected chi connectivity index (χ0v) is 13.3. The molecule has 120 valence electrons. The molecule has 1 N–H and O–H groups in total. The summed E-state index contributed by atoms with van der Waals surface area (Å²) in [5.74, 6) is 1.15. The molecule has 2 aromatic rings. The van der Waals surface area contributed by atoms with E-state index in [0.717, 1.165) is 5.56 Å². The Kier molecular flexibility index (Phi) is 4.19. The van der Waals surface area contributed by atoms with Crippen LogP contribution >= 0.6 is 0 Å². The third-order valence-electron chi connectivity index (χ3n) is 3.62. The summed E-state index contributed by atoms with van der Waals surface area (Å²) in [6, 6.07) is 9.03. The number of nitrogens with zero attached hydrogens (tertiary/aromatic N) is 1. The highest BCUT2D eigenvalue weighted by Crippen LogP contribution is 2.34. The van der Waals surface area contributed by atoms with Gasteiger partial charge in [-0.25, -0.2) is 0 Å². The quantitative estimate of drug-likeness (QED) is 0.947. The van der Waals surface area contributed by atoms with Crippen LogP contribution in [-0.4, -0.2) is 24.1 Å². The Bertz CT molecular complexity index is 699. The van der Waals surface area contributed by atoms with Gasteiger partial charge in [-0.1, -0.05) is 19.9 Å². The van der Waals surface area contributed by atoms with Crippen molar-refractivity contribution in [3.8, 4) is 11.5 Å². The van der Waals surface area contributed by atoms with Crippen LogP contribution in [0.5, 0.6) is 11.5 Å². The van der Waals surface area contributed by atoms with Crippen molar-refractivity contribution in [3.63, 3.8) is 0 Å². The molecule has 0 atom stereocenters. The summed E-state index contributed by atoms with van der Waals surface area (Å²) in [5.41, 5.74) is 1.45. The average Bonchev–Trinajstić information content (AvgIpc) is 2.72. The van der Waals surface area contributed by atoms with E-state index in [4.69, 9.17) is 9.47 Å². The highest BCUT2D eigenvalue weighted by Gasteiger charge is 2.25. The number of aromatic nitrogens is 1. The van der Waals surface area contributed by atoms with Gasteiger partial charge in [0, 0.05) is 29.9 Å². The first-order valence-corrected chi connectivity index (χ1v) is 7.60. The normalized spacial score (nSPS) is 15.6. The molecule has 1 amide bonds. The van der Waals surface area contributed by atoms with Gasteiger partial charge in [-0.2, -0.15) is 0 Å². The number of hydrogen-bond acceptors (Lipinski definition) is 4. The van der Waals surface area contributed by atoms with Crippen molar-refractivity contribution < 1.29 is 14.3 Å². The fourth-order valence-corrected chi connectivity index (χ4v) is 2.26. The van der Waals surface area contributed by atoms with Crippen molar-refractivity contribution in [3.05, 3.63) is 53.9 Å². The number of carbonyl (C=O) groups excluding carboxylic acids is 1. The smallest absolute Gasteiger partial charge is 0.251 e. The molecule has 1 aromatic carbocycles. The number of nitrogens with one attached hydrogen (secondary N) is 1. The summed E-state index contributed by atoms with van der Waals surface area (Å²) >= 11 is 0. The molecule has 0 aliphatic carbocycles. The number of rotatable bonds is 3. The van der Waals surface area contributed by atoms with Gasteiger partial charge in [0.1, 0.15) is 0 Å². The molecule has 2 heterocycles. The predicted octanol–water partition coefficient (Wildman–Crippen LogP) is 2.81. The molecule has 0 saturated heterocycles. The van der Waals surface area contributed by atoms with Gasteiger partial charge in [0.25, 0.3) is 5.91 Å². The first kappa shape index (κ1) is 15.3. The van der Waals surface area contributed by atoms with Crippen LogP contribution in [0.1, 0.15) is 29.8 Å². The molecule has 1 aliphatic rings. The monoisotopic (exact) mass is 312 g/mol. The molecular weight excluding hydrogens is 292 g/mol. The zero-order chi connectivity index (χ0) is 16.3. The largest absolute Gasteiger partial charge is 0.489 e. The Labute approximate surface area is 135 Å². The van der Waals surface area contributed by atoms with Gasteiger partial charge in [0.05, 0.1) is 13.2 Å². The number of fused-ring (bicyclic) bond motifs is 1. The molecule has 0 saturated carbocycles. The van der Waals surface area contributed by atoms with Crippen molar-refractivity contribution in [2.45, 2.75) is 20.4 Å². The van der Waals surface area contributed by atoms with Crippen LogP contribution in [0.2, 0.25) is 0 Å². The lowest BCUT2D eigenvalue weighted by Gasteiger charge is -2.19. The molecule has 1 aliphatic heterocycles. The molecular formula is C18H20N2O3. The summed E-state index contributed by atoms with van der Waals surface area (Å²) in [7, 11) is 0. The van der Waals surface area contributed by atoms with Crippen LogP contribution in [-0.2, 0) is 6.54 Å². The summed E-state index contributed by atoms with van der Waals surface area (Å²) in [6.45, 7) is 5.75. The van der Waals surface area contributed by atoms with E-state index < -0.39 is 0 Å². The average molecular weight is 312 g/mol. The topological polar surface area (TPSA) is 60.5 Å². The van der Waals surface area contributed by atoms with E-state index in [1.54, 1.807) is 30.6 Å². The molecule has 1 aromatic heterocycles. The van der Waals surface area contributed by atoms with Crippen molar-refractivity contribution in [2.75, 3.05) is 13.2 Å². The van der Waals surface area contributed by atoms with Crippen molar-refractivity contribution in [1.29, 1.82) is 0 Å². The molecule has 0 radical (unpaired) electrons. The molecule has 0 bridgehead atoms. The Morgan fingerprint density at radius 3 is 2.74 bits per heavy atom. The van der Waals surface area contributed by atoms with E-state index in [1.165, 1.54) is 0 Å². The number of benzene rings is 1. The molecule has 23 heavy (non-hydrogen) atoms. The van der Waals surface area contributed by atoms with Crippen LogP contribution in [0.4, 0.5) is 0 Å². The summed E-state index contributed by atoms with van der Waals surface area (Å²) in [5, 5.41) is 2.88. The summed E-state index contributed by atoms with van der Waals surface area (Å²) in [4.78, 5) is 16.3. The fraction of sp³-hybridized carbons (Fsp3) is 0.333. The Hall–Kier alpha value is -2.56. The minimum absolute atomic E-state index is 0.0538. The molecule has 0 unspecified atom stereocenters. The number of ether oxygens (including phenoxy) is 2. The van der Waals surface area contributed by atoms with Crippen LogP contribution in [0, 0.1) is 5.41 Å². The predicted molar refractivity (Wildman–Crippen MR) is 86.6 cm³/mol. The Balaban J connectivity index is 1.69. The summed E-state index contributed by atoms with van der Waals surface area (Å²) in [6.07, 6.45) is 3.44. The number of carbonyl (C=O) groups is 1. The van der Waals surface area contributed by atoms with E-state index in [1.807, 2.05) is 12.1 Å². The van der Waals surface area contributed by atoms with Gasteiger partial charge < -0.3 is 14.8 Å². The van der Waals surface area contributed by atoms with Crippen molar-refractivity contribution in [1.82, 2.24) is 10.3 Å². The van der Waals surface area contributed by atoms with E-state index in [2.05, 4.69) is 24.1 Å². The second-order valence-electron chi connectivity index (χ2n) is 6.45. The highest BCUT2D eigenvalue weighted by molar-refractivity contribution is 5.94. The second-order valence-corrected chi connectivity index (χ2v) is 6.45. The van der Waals surface area contributed by atoms with Crippen LogP contribution < -0.4 is 14.8 Å². The molecule has 0 spiro atoms. The summed E-state index contributed by atoms with van der Waals surface area (Å²) < 4.78 is 11.6. The third-order valence-corrected chi connectivity index (χ3v) is 3.62. The molecule has 5 nitrogen and oxygen atoms in total. The van der Waals surface area contributed by atoms with Gasteiger partial charge in [-0.15, -0.1) is 0 Å². The maximum atomic E-state index is 12.3. The molecule has 3 rings (SSSR count). The van der Waals surface area contributed by atoms with Crippen LogP contribution in [0.25, 0.3) is 0 Å². The lowest BCUT2D eigenvalue weighted by molar-refractivity contribution is 0.0950. The SMILES string of the molecule is CC1(C)COc2ccc(C(=O)NCc3cccnc3)cc2OC1. The van der Waals surface area contributed by atoms with E-state index in [-0.39, 0.29) is 11.3 Å². The lowest BCUT2D eigenvalue weighted by atomic mass is 9.97. The van der Waals surface area contributed by atoms with Gasteiger partial charge in [-0.3, -0.25) is 9.78 Å².